The predicted octanol–water partition coefficient (Wildman–Crippen LogP) is 4.05. The van der Waals surface area contributed by atoms with Crippen molar-refractivity contribution in [2.45, 2.75) is 39.5 Å². The zero-order valence-electron chi connectivity index (χ0n) is 22.7. The van der Waals surface area contributed by atoms with Gasteiger partial charge >= 0.3 is 5.97 Å². The van der Waals surface area contributed by atoms with Gasteiger partial charge in [-0.2, -0.15) is 5.10 Å². The number of aromatic nitrogens is 5. The fourth-order valence-corrected chi connectivity index (χ4v) is 4.87. The van der Waals surface area contributed by atoms with Crippen LogP contribution in [-0.2, 0) is 27.8 Å². The Labute approximate surface area is 226 Å². The Balaban J connectivity index is 1.22. The molecule has 0 aliphatic carbocycles. The van der Waals surface area contributed by atoms with Crippen LogP contribution in [0.5, 0.6) is 5.88 Å². The average Bonchev–Trinajstić information content (AvgIpc) is 3.66. The second-order valence-electron chi connectivity index (χ2n) is 9.86. The fourth-order valence-electron chi connectivity index (χ4n) is 4.87. The lowest BCUT2D eigenvalue weighted by Crippen LogP contribution is -2.12. The second-order valence-corrected chi connectivity index (χ2v) is 9.86. The van der Waals surface area contributed by atoms with Crippen LogP contribution in [0.25, 0.3) is 22.3 Å². The molecule has 0 saturated carbocycles. The van der Waals surface area contributed by atoms with Crippen LogP contribution in [0.15, 0.2) is 36.5 Å². The Morgan fingerprint density at radius 1 is 1.21 bits per heavy atom. The maximum Gasteiger partial charge on any atom is 0.337 e. The van der Waals surface area contributed by atoms with E-state index in [2.05, 4.69) is 32.6 Å². The number of aryl methyl sites for hydroxylation is 2. The van der Waals surface area contributed by atoms with Gasteiger partial charge in [0.2, 0.25) is 11.8 Å². The first-order valence-electron chi connectivity index (χ1n) is 13.0. The lowest BCUT2D eigenvalue weighted by molar-refractivity contribution is -0.0440. The summed E-state index contributed by atoms with van der Waals surface area (Å²) in [5.74, 6) is 1.02. The van der Waals surface area contributed by atoms with Crippen molar-refractivity contribution in [2.75, 3.05) is 32.7 Å². The quantitative estimate of drug-likeness (QED) is 0.237. The van der Waals surface area contributed by atoms with E-state index in [4.69, 9.17) is 24.7 Å². The molecule has 1 aliphatic heterocycles. The first kappa shape index (κ1) is 26.6. The van der Waals surface area contributed by atoms with Gasteiger partial charge < -0.3 is 29.2 Å². The molecule has 5 rings (SSSR count). The molecule has 2 N–H and O–H groups in total. The van der Waals surface area contributed by atoms with Crippen LogP contribution in [0.2, 0.25) is 0 Å². The van der Waals surface area contributed by atoms with Crippen molar-refractivity contribution < 1.29 is 23.7 Å². The van der Waals surface area contributed by atoms with Gasteiger partial charge in [0.05, 0.1) is 61.0 Å². The number of hydrogen-bond donors (Lipinski definition) is 1. The van der Waals surface area contributed by atoms with E-state index in [1.54, 1.807) is 23.0 Å². The topological polar surface area (TPSA) is 129 Å². The van der Waals surface area contributed by atoms with Gasteiger partial charge in [0.15, 0.2) is 6.29 Å². The first-order valence-corrected chi connectivity index (χ1v) is 13.0. The molecule has 3 aromatic heterocycles. The number of pyridine rings is 1. The molecule has 1 aromatic carbocycles. The predicted molar refractivity (Wildman–Crippen MR) is 145 cm³/mol. The minimum absolute atomic E-state index is 0.336. The number of carbonyl (C=O) groups excluding carboxylic acids is 1. The van der Waals surface area contributed by atoms with Crippen molar-refractivity contribution in [1.82, 2.24) is 24.3 Å². The second kappa shape index (κ2) is 11.4. The lowest BCUT2D eigenvalue weighted by atomic mass is 10.1. The van der Waals surface area contributed by atoms with Crippen LogP contribution >= 0.6 is 0 Å². The number of nitrogen functional groups attached to an aromatic ring is 1. The number of nitrogens with two attached hydrogens (primary N) is 1. The van der Waals surface area contributed by atoms with E-state index in [0.29, 0.717) is 54.5 Å². The van der Waals surface area contributed by atoms with Crippen LogP contribution in [0, 0.1) is 12.8 Å². The van der Waals surface area contributed by atoms with Crippen molar-refractivity contribution >= 4 is 23.0 Å². The van der Waals surface area contributed by atoms with Gasteiger partial charge in [-0.1, -0.05) is 13.0 Å². The summed E-state index contributed by atoms with van der Waals surface area (Å²) < 4.78 is 26.1. The molecule has 0 bridgehead atoms. The molecule has 1 atom stereocenters. The number of carbonyl (C=O) groups is 1. The highest BCUT2D eigenvalue weighted by Gasteiger charge is 2.21. The maximum atomic E-state index is 12.1. The Kier molecular flexibility index (Phi) is 7.80. The largest absolute Gasteiger partial charge is 0.477 e. The van der Waals surface area contributed by atoms with E-state index in [-0.39, 0.29) is 6.29 Å². The third kappa shape index (κ3) is 5.74. The van der Waals surface area contributed by atoms with Crippen molar-refractivity contribution in [3.05, 3.63) is 53.3 Å². The zero-order valence-corrected chi connectivity index (χ0v) is 22.7. The van der Waals surface area contributed by atoms with E-state index in [9.17, 15) is 4.79 Å². The molecule has 11 heteroatoms. The Morgan fingerprint density at radius 3 is 2.77 bits per heavy atom. The summed E-state index contributed by atoms with van der Waals surface area (Å²) in [5.41, 5.74) is 11.6. The molecule has 0 spiro atoms. The number of imidazole rings is 1. The van der Waals surface area contributed by atoms with Crippen molar-refractivity contribution in [1.29, 1.82) is 0 Å². The number of hydrogen-bond acceptors (Lipinski definition) is 9. The highest BCUT2D eigenvalue weighted by atomic mass is 16.7. The summed E-state index contributed by atoms with van der Waals surface area (Å²) in [6, 6.07) is 9.39. The van der Waals surface area contributed by atoms with E-state index >= 15 is 0 Å². The molecule has 4 heterocycles. The summed E-state index contributed by atoms with van der Waals surface area (Å²) in [6.07, 6.45) is 3.12. The van der Waals surface area contributed by atoms with Gasteiger partial charge in [-0.25, -0.2) is 14.5 Å². The Morgan fingerprint density at radius 2 is 2.00 bits per heavy atom. The number of fused-ring (bicyclic) bond motifs is 1. The van der Waals surface area contributed by atoms with Crippen LogP contribution in [-0.4, -0.2) is 57.2 Å². The molecule has 0 unspecified atom stereocenters. The number of methoxy groups -OCH3 is 1. The minimum atomic E-state index is -0.412. The smallest absolute Gasteiger partial charge is 0.337 e. The Hall–Kier alpha value is -3.96. The van der Waals surface area contributed by atoms with Gasteiger partial charge in [-0.3, -0.25) is 4.98 Å². The number of anilines is 1. The Bertz CT molecular complexity index is 1470. The normalized spacial score (nSPS) is 14.7. The molecule has 0 radical (unpaired) electrons. The molecule has 1 fully saturated rings. The van der Waals surface area contributed by atoms with Crippen LogP contribution < -0.4 is 10.5 Å². The van der Waals surface area contributed by atoms with Gasteiger partial charge in [-0.15, -0.1) is 0 Å². The van der Waals surface area contributed by atoms with Crippen molar-refractivity contribution in [3.63, 3.8) is 0 Å². The number of benzene rings is 1. The molecular formula is C28H34N6O5. The number of ether oxygens (including phenoxy) is 4. The summed E-state index contributed by atoms with van der Waals surface area (Å²) in [6.45, 7) is 6.46. The monoisotopic (exact) mass is 534 g/mol. The van der Waals surface area contributed by atoms with Crippen LogP contribution in [0.4, 0.5) is 5.95 Å². The third-order valence-corrected chi connectivity index (χ3v) is 6.80. The van der Waals surface area contributed by atoms with E-state index < -0.39 is 5.97 Å². The fraction of sp³-hybridized carbons (Fsp3) is 0.429. The average molecular weight is 535 g/mol. The highest BCUT2D eigenvalue weighted by Crippen LogP contribution is 2.30. The van der Waals surface area contributed by atoms with Crippen molar-refractivity contribution in [3.8, 4) is 17.1 Å². The number of rotatable bonds is 10. The molecule has 1 aliphatic rings. The lowest BCUT2D eigenvalue weighted by Gasteiger charge is -2.16. The number of nitrogens with zero attached hydrogens (tertiary/aromatic N) is 5. The van der Waals surface area contributed by atoms with Crippen molar-refractivity contribution in [2.24, 2.45) is 13.0 Å². The van der Waals surface area contributed by atoms with Crippen LogP contribution in [0.1, 0.15) is 47.7 Å². The third-order valence-electron chi connectivity index (χ3n) is 6.80. The molecule has 4 aromatic rings. The standard InChI is InChI=1S/C28H34N6O5/c1-17(16-34-24-14-19(27-38-10-11-39-27)7-8-22(24)32-28(34)29)6-5-9-37-25-21(15-30-33(25)3)23-13-20(26(35)36-4)12-18(2)31-23/h7-8,12-15,17,27H,5-6,9-11,16H2,1-4H3,(H2,29,32)/t17-/m1/s1. The molecule has 11 nitrogen and oxygen atoms in total. The van der Waals surface area contributed by atoms with E-state index in [1.165, 1.54) is 7.11 Å². The molecule has 1 saturated heterocycles. The molecule has 206 valence electrons. The van der Waals surface area contributed by atoms with E-state index in [0.717, 1.165) is 41.5 Å². The van der Waals surface area contributed by atoms with Gasteiger partial charge in [0.25, 0.3) is 0 Å². The van der Waals surface area contributed by atoms with Gasteiger partial charge in [-0.05, 0) is 49.9 Å². The molecular weight excluding hydrogens is 500 g/mol. The summed E-state index contributed by atoms with van der Waals surface area (Å²) in [7, 11) is 3.18. The molecule has 0 amide bonds. The zero-order chi connectivity index (χ0) is 27.5. The highest BCUT2D eigenvalue weighted by molar-refractivity contribution is 5.90. The summed E-state index contributed by atoms with van der Waals surface area (Å²) in [4.78, 5) is 21.2. The maximum absolute atomic E-state index is 12.1. The van der Waals surface area contributed by atoms with E-state index in [1.807, 2.05) is 26.1 Å². The first-order chi connectivity index (χ1) is 18.8. The van der Waals surface area contributed by atoms with Gasteiger partial charge in [0, 0.05) is 24.8 Å². The summed E-state index contributed by atoms with van der Waals surface area (Å²) >= 11 is 0. The van der Waals surface area contributed by atoms with Gasteiger partial charge in [0.1, 0.15) is 0 Å². The van der Waals surface area contributed by atoms with Crippen LogP contribution in [0.3, 0.4) is 0 Å². The number of esters is 1. The molecule has 39 heavy (non-hydrogen) atoms. The SMILES string of the molecule is COC(=O)c1cc(C)nc(-c2cnn(C)c2OCCC[C@@H](C)Cn2c(N)nc3ccc(C4OCCO4)cc32)c1. The minimum Gasteiger partial charge on any atom is -0.477 e. The summed E-state index contributed by atoms with van der Waals surface area (Å²) in [5, 5.41) is 4.35.